The van der Waals surface area contributed by atoms with E-state index in [1.54, 1.807) is 0 Å². The Labute approximate surface area is 239 Å². The number of aromatic nitrogens is 1. The quantitative estimate of drug-likeness (QED) is 0.366. The van der Waals surface area contributed by atoms with Crippen LogP contribution in [0.25, 0.3) is 0 Å². The first-order valence-corrected chi connectivity index (χ1v) is 13.9. The molecule has 0 saturated heterocycles. The van der Waals surface area contributed by atoms with Crippen LogP contribution in [-0.4, -0.2) is 47.1 Å². The molecule has 0 spiro atoms. The molecule has 2 amide bonds. The Morgan fingerprint density at radius 3 is 2.38 bits per heavy atom. The van der Waals surface area contributed by atoms with Crippen molar-refractivity contribution in [3.8, 4) is 11.5 Å². The average Bonchev–Trinajstić information content (AvgIpc) is 3.56. The van der Waals surface area contributed by atoms with Gasteiger partial charge >= 0.3 is 12.1 Å². The number of carbonyl (C=O) groups is 3. The fraction of sp³-hybridized carbons (Fsp3) is 0.517. The van der Waals surface area contributed by atoms with Crippen molar-refractivity contribution in [1.29, 1.82) is 0 Å². The second kappa shape index (κ2) is 11.8. The third-order valence-corrected chi connectivity index (χ3v) is 8.65. The molecule has 1 heterocycles. The zero-order valence-electron chi connectivity index (χ0n) is 22.7. The number of aliphatic carboxylic acids is 1. The molecule has 9 nitrogen and oxygen atoms in total. The minimum atomic E-state index is -4.67. The summed E-state index contributed by atoms with van der Waals surface area (Å²) in [7, 11) is 1.29. The number of pyridine rings is 1. The third kappa shape index (κ3) is 6.14. The molecule has 5 rings (SSSR count). The minimum Gasteiger partial charge on any atom is -0.496 e. The number of hydrogen-bond acceptors (Lipinski definition) is 6. The molecule has 3 fully saturated rings. The summed E-state index contributed by atoms with van der Waals surface area (Å²) < 4.78 is 65.3. The molecule has 42 heavy (non-hydrogen) atoms. The summed E-state index contributed by atoms with van der Waals surface area (Å²) in [6, 6.07) is 3.72. The zero-order valence-corrected chi connectivity index (χ0v) is 22.7. The van der Waals surface area contributed by atoms with Gasteiger partial charge in [-0.15, -0.1) is 0 Å². The summed E-state index contributed by atoms with van der Waals surface area (Å²) in [5.74, 6) is -4.13. The molecule has 0 aliphatic heterocycles. The van der Waals surface area contributed by atoms with E-state index in [1.165, 1.54) is 19.2 Å². The van der Waals surface area contributed by atoms with Crippen molar-refractivity contribution in [1.82, 2.24) is 10.3 Å². The van der Waals surface area contributed by atoms with Gasteiger partial charge < -0.3 is 25.2 Å². The summed E-state index contributed by atoms with van der Waals surface area (Å²) >= 11 is 0. The molecule has 1 aromatic carbocycles. The topological polar surface area (TPSA) is 127 Å². The first-order chi connectivity index (χ1) is 19.9. The Bertz CT molecular complexity index is 1360. The van der Waals surface area contributed by atoms with Crippen LogP contribution in [0.4, 0.5) is 23.2 Å². The lowest BCUT2D eigenvalue weighted by Crippen LogP contribution is -2.48. The number of nitrogens with one attached hydrogen (secondary N) is 2. The molecule has 2 bridgehead atoms. The van der Waals surface area contributed by atoms with Crippen LogP contribution in [0.3, 0.4) is 0 Å². The van der Waals surface area contributed by atoms with E-state index in [4.69, 9.17) is 9.47 Å². The molecule has 0 radical (unpaired) electrons. The third-order valence-electron chi connectivity index (χ3n) is 8.65. The largest absolute Gasteiger partial charge is 0.496 e. The molecule has 3 aliphatic carbocycles. The summed E-state index contributed by atoms with van der Waals surface area (Å²) in [4.78, 5) is 41.4. The smallest absolute Gasteiger partial charge is 0.433 e. The number of alkyl halides is 3. The van der Waals surface area contributed by atoms with Gasteiger partial charge in [0.05, 0.1) is 30.6 Å². The van der Waals surface area contributed by atoms with Gasteiger partial charge in [0.1, 0.15) is 11.4 Å². The van der Waals surface area contributed by atoms with Crippen LogP contribution >= 0.6 is 0 Å². The van der Waals surface area contributed by atoms with E-state index in [1.807, 2.05) is 0 Å². The highest BCUT2D eigenvalue weighted by Gasteiger charge is 2.51. The van der Waals surface area contributed by atoms with Crippen LogP contribution in [0.15, 0.2) is 30.5 Å². The molecule has 2 aromatic rings. The zero-order chi connectivity index (χ0) is 30.2. The highest BCUT2D eigenvalue weighted by molar-refractivity contribution is 5.99. The van der Waals surface area contributed by atoms with Gasteiger partial charge in [0, 0.05) is 24.0 Å². The fourth-order valence-corrected chi connectivity index (χ4v) is 6.57. The number of benzene rings is 1. The van der Waals surface area contributed by atoms with Crippen molar-refractivity contribution in [2.24, 2.45) is 23.7 Å². The highest BCUT2D eigenvalue weighted by Crippen LogP contribution is 2.49. The maximum absolute atomic E-state index is 14.9. The molecular formula is C29H31F4N3O6. The lowest BCUT2D eigenvalue weighted by Gasteiger charge is -2.31. The Morgan fingerprint density at radius 2 is 1.71 bits per heavy atom. The number of hydrogen-bond donors (Lipinski definition) is 3. The van der Waals surface area contributed by atoms with Crippen LogP contribution in [0.2, 0.25) is 0 Å². The first kappa shape index (κ1) is 29.6. The number of rotatable bonds is 8. The van der Waals surface area contributed by atoms with E-state index in [0.29, 0.717) is 32.1 Å². The van der Waals surface area contributed by atoms with Crippen LogP contribution in [0.1, 0.15) is 61.0 Å². The predicted molar refractivity (Wildman–Crippen MR) is 140 cm³/mol. The van der Waals surface area contributed by atoms with E-state index < -0.39 is 59.5 Å². The number of fused-ring (bicyclic) bond motifs is 2. The summed E-state index contributed by atoms with van der Waals surface area (Å²) in [5, 5.41) is 14.7. The standard InChI is InChI=1S/C29H31F4N3O6/c1-41-21-13-20(30)22(42-18-6-4-14(5-7-18)28(39)40)12-19(21)26(37)36-25-16-3-2-15(10-16)24(25)27(38)35-17-8-9-34-23(11-17)29(31,32)33/h8-9,11-16,18,24-25H,2-7,10H2,1H3,(H,36,37)(H,39,40)(H,34,35,38). The van der Waals surface area contributed by atoms with Crippen molar-refractivity contribution >= 4 is 23.5 Å². The maximum Gasteiger partial charge on any atom is 0.433 e. The van der Waals surface area contributed by atoms with E-state index in [-0.39, 0.29) is 34.6 Å². The monoisotopic (exact) mass is 593 g/mol. The molecule has 3 aliphatic rings. The van der Waals surface area contributed by atoms with Gasteiger partial charge in [-0.3, -0.25) is 19.4 Å². The second-order valence-corrected chi connectivity index (χ2v) is 11.2. The van der Waals surface area contributed by atoms with Crippen molar-refractivity contribution in [3.63, 3.8) is 0 Å². The number of carbonyl (C=O) groups excluding carboxylic acids is 2. The number of nitrogens with zero attached hydrogens (tertiary/aromatic N) is 1. The Hall–Kier alpha value is -3.90. The van der Waals surface area contributed by atoms with Crippen LogP contribution < -0.4 is 20.1 Å². The van der Waals surface area contributed by atoms with Crippen molar-refractivity contribution in [2.45, 2.75) is 63.3 Å². The molecular weight excluding hydrogens is 562 g/mol. The van der Waals surface area contributed by atoms with Gasteiger partial charge in [-0.1, -0.05) is 0 Å². The second-order valence-electron chi connectivity index (χ2n) is 11.2. The number of carboxylic acids is 1. The minimum absolute atomic E-state index is 0.000920. The molecule has 4 atom stereocenters. The Kier molecular flexibility index (Phi) is 8.29. The van der Waals surface area contributed by atoms with Gasteiger partial charge in [-0.2, -0.15) is 13.2 Å². The Balaban J connectivity index is 1.31. The first-order valence-electron chi connectivity index (χ1n) is 13.9. The number of anilines is 1. The predicted octanol–water partition coefficient (Wildman–Crippen LogP) is 5.05. The molecule has 3 saturated carbocycles. The molecule has 13 heteroatoms. The number of methoxy groups -OCH3 is 1. The lowest BCUT2D eigenvalue weighted by atomic mass is 9.83. The van der Waals surface area contributed by atoms with Gasteiger partial charge in [0.2, 0.25) is 5.91 Å². The maximum atomic E-state index is 14.9. The van der Waals surface area contributed by atoms with Crippen molar-refractivity contribution < 1.29 is 46.5 Å². The summed E-state index contributed by atoms with van der Waals surface area (Å²) in [5.41, 5.74) is -1.18. The van der Waals surface area contributed by atoms with Crippen LogP contribution in [-0.2, 0) is 15.8 Å². The Morgan fingerprint density at radius 1 is 1.00 bits per heavy atom. The summed E-state index contributed by atoms with van der Waals surface area (Å²) in [6.07, 6.45) is -0.255. The van der Waals surface area contributed by atoms with Gasteiger partial charge in [-0.05, 0) is 75.0 Å². The molecule has 4 unspecified atom stereocenters. The molecule has 1 aromatic heterocycles. The SMILES string of the molecule is COc1cc(F)c(OC2CCC(C(=O)O)CC2)cc1C(=O)NC1C2CCC(C2)C1C(=O)Nc1ccnc(C(F)(F)F)c1. The van der Waals surface area contributed by atoms with Gasteiger partial charge in [0.15, 0.2) is 11.6 Å². The summed E-state index contributed by atoms with van der Waals surface area (Å²) in [6.45, 7) is 0. The van der Waals surface area contributed by atoms with Crippen LogP contribution in [0, 0.1) is 29.5 Å². The molecule has 3 N–H and O–H groups in total. The highest BCUT2D eigenvalue weighted by atomic mass is 19.4. The van der Waals surface area contributed by atoms with E-state index >= 15 is 0 Å². The van der Waals surface area contributed by atoms with Crippen molar-refractivity contribution in [2.75, 3.05) is 12.4 Å². The number of ether oxygens (including phenoxy) is 2. The number of amides is 2. The lowest BCUT2D eigenvalue weighted by molar-refractivity contribution is -0.143. The normalized spacial score (nSPS) is 26.9. The van der Waals surface area contributed by atoms with E-state index in [0.717, 1.165) is 31.2 Å². The van der Waals surface area contributed by atoms with Gasteiger partial charge in [-0.25, -0.2) is 4.39 Å². The van der Waals surface area contributed by atoms with Gasteiger partial charge in [0.25, 0.3) is 5.91 Å². The van der Waals surface area contributed by atoms with Crippen LogP contribution in [0.5, 0.6) is 11.5 Å². The average molecular weight is 594 g/mol. The van der Waals surface area contributed by atoms with E-state index in [9.17, 15) is 37.1 Å². The molecule has 226 valence electrons. The van der Waals surface area contributed by atoms with E-state index in [2.05, 4.69) is 15.6 Å². The number of halogens is 4. The van der Waals surface area contributed by atoms with Crippen molar-refractivity contribution in [3.05, 3.63) is 47.5 Å². The fourth-order valence-electron chi connectivity index (χ4n) is 6.57. The number of carboxylic acid groups (broad SMARTS) is 1.